The summed E-state index contributed by atoms with van der Waals surface area (Å²) >= 11 is 0. The number of benzene rings is 3. The summed E-state index contributed by atoms with van der Waals surface area (Å²) in [6.07, 6.45) is 1.08. The highest BCUT2D eigenvalue weighted by molar-refractivity contribution is 6.06. The van der Waals surface area contributed by atoms with Crippen LogP contribution >= 0.6 is 0 Å². The molecule has 0 saturated carbocycles. The molecule has 1 aromatic heterocycles. The van der Waals surface area contributed by atoms with E-state index < -0.39 is 0 Å². The predicted molar refractivity (Wildman–Crippen MR) is 124 cm³/mol. The lowest BCUT2D eigenvalue weighted by atomic mass is 9.98. The van der Waals surface area contributed by atoms with Crippen LogP contribution in [0.3, 0.4) is 0 Å². The minimum Gasteiger partial charge on any atom is -0.496 e. The van der Waals surface area contributed by atoms with Gasteiger partial charge in [-0.2, -0.15) is 0 Å². The molecule has 0 spiro atoms. The van der Waals surface area contributed by atoms with Gasteiger partial charge in [0, 0.05) is 11.3 Å². The molecule has 5 heteroatoms. The second-order valence-electron chi connectivity index (χ2n) is 7.74. The molecule has 0 aliphatic rings. The number of aryl methyl sites for hydroxylation is 1. The maximum absolute atomic E-state index is 12.7. The fourth-order valence-corrected chi connectivity index (χ4v) is 3.61. The number of nitrogens with one attached hydrogen (secondary N) is 1. The average Bonchev–Trinajstić information content (AvgIpc) is 3.22. The van der Waals surface area contributed by atoms with Gasteiger partial charge in [-0.3, -0.25) is 4.79 Å². The molecule has 3 aromatic carbocycles. The van der Waals surface area contributed by atoms with E-state index in [0.29, 0.717) is 28.8 Å². The fourth-order valence-electron chi connectivity index (χ4n) is 3.61. The minimum absolute atomic E-state index is 0.215. The van der Waals surface area contributed by atoms with Crippen LogP contribution in [0, 0.1) is 6.92 Å². The van der Waals surface area contributed by atoms with E-state index in [2.05, 4.69) is 36.3 Å². The number of ether oxygens (including phenoxy) is 1. The van der Waals surface area contributed by atoms with Gasteiger partial charge in [0.05, 0.1) is 12.7 Å². The van der Waals surface area contributed by atoms with E-state index in [4.69, 9.17) is 9.15 Å². The van der Waals surface area contributed by atoms with E-state index in [1.165, 1.54) is 5.56 Å². The minimum atomic E-state index is -0.215. The Morgan fingerprint density at radius 1 is 1.13 bits per heavy atom. The molecule has 0 aliphatic heterocycles. The number of oxazole rings is 1. The Hall–Kier alpha value is -3.60. The van der Waals surface area contributed by atoms with Gasteiger partial charge < -0.3 is 14.5 Å². The molecular weight excluding hydrogens is 388 g/mol. The summed E-state index contributed by atoms with van der Waals surface area (Å²) in [4.78, 5) is 17.4. The molecule has 4 aromatic rings. The van der Waals surface area contributed by atoms with Gasteiger partial charge in [0.2, 0.25) is 5.89 Å². The molecule has 158 valence electrons. The van der Waals surface area contributed by atoms with Gasteiger partial charge in [0.25, 0.3) is 5.91 Å². The van der Waals surface area contributed by atoms with Crippen molar-refractivity contribution in [3.8, 4) is 17.2 Å². The highest BCUT2D eigenvalue weighted by atomic mass is 16.5. The lowest BCUT2D eigenvalue weighted by molar-refractivity contribution is 0.102. The summed E-state index contributed by atoms with van der Waals surface area (Å²) in [5, 5.41) is 2.92. The Kier molecular flexibility index (Phi) is 5.76. The number of anilines is 1. The van der Waals surface area contributed by atoms with Crippen LogP contribution in [0.4, 0.5) is 5.69 Å². The first-order valence-corrected chi connectivity index (χ1v) is 10.5. The summed E-state index contributed by atoms with van der Waals surface area (Å²) in [6, 6.07) is 19.2. The van der Waals surface area contributed by atoms with E-state index in [-0.39, 0.29) is 5.91 Å². The van der Waals surface area contributed by atoms with E-state index in [1.807, 2.05) is 49.4 Å². The summed E-state index contributed by atoms with van der Waals surface area (Å²) < 4.78 is 11.3. The summed E-state index contributed by atoms with van der Waals surface area (Å²) in [5.41, 5.74) is 5.85. The SMILES string of the molecule is CC[C@H](C)c1ccc2oc(-c3ccc(NC(=O)c4cccc(C)c4OC)cc3)nc2c1. The Bertz CT molecular complexity index is 1230. The molecule has 1 amide bonds. The van der Waals surface area contributed by atoms with Crippen LogP contribution in [-0.2, 0) is 0 Å². The van der Waals surface area contributed by atoms with Gasteiger partial charge in [-0.05, 0) is 72.9 Å². The van der Waals surface area contributed by atoms with Crippen LogP contribution in [0.25, 0.3) is 22.6 Å². The van der Waals surface area contributed by atoms with Crippen molar-refractivity contribution in [2.24, 2.45) is 0 Å². The van der Waals surface area contributed by atoms with Gasteiger partial charge in [0.15, 0.2) is 5.58 Å². The maximum atomic E-state index is 12.7. The normalized spacial score (nSPS) is 12.0. The Morgan fingerprint density at radius 3 is 2.61 bits per heavy atom. The molecular formula is C26H26N2O3. The van der Waals surface area contributed by atoms with Gasteiger partial charge in [-0.15, -0.1) is 0 Å². The first kappa shape index (κ1) is 20.7. The molecule has 0 fully saturated rings. The van der Waals surface area contributed by atoms with Crippen molar-refractivity contribution in [1.29, 1.82) is 0 Å². The van der Waals surface area contributed by atoms with E-state index in [9.17, 15) is 4.79 Å². The molecule has 0 unspecified atom stereocenters. The zero-order valence-corrected chi connectivity index (χ0v) is 18.2. The van der Waals surface area contributed by atoms with Crippen molar-refractivity contribution in [1.82, 2.24) is 4.98 Å². The van der Waals surface area contributed by atoms with Crippen molar-refractivity contribution in [3.05, 3.63) is 77.4 Å². The van der Waals surface area contributed by atoms with Crippen molar-refractivity contribution in [2.75, 3.05) is 12.4 Å². The molecule has 31 heavy (non-hydrogen) atoms. The van der Waals surface area contributed by atoms with Gasteiger partial charge in [0.1, 0.15) is 11.3 Å². The first-order chi connectivity index (χ1) is 15.0. The third-order valence-electron chi connectivity index (χ3n) is 5.64. The third-order valence-corrected chi connectivity index (χ3v) is 5.64. The van der Waals surface area contributed by atoms with Crippen LogP contribution in [0.15, 0.2) is 65.1 Å². The highest BCUT2D eigenvalue weighted by Crippen LogP contribution is 2.29. The second-order valence-corrected chi connectivity index (χ2v) is 7.74. The van der Waals surface area contributed by atoms with E-state index in [1.54, 1.807) is 13.2 Å². The van der Waals surface area contributed by atoms with Gasteiger partial charge >= 0.3 is 0 Å². The number of carbonyl (C=O) groups is 1. The molecule has 0 saturated heterocycles. The summed E-state index contributed by atoms with van der Waals surface area (Å²) in [7, 11) is 1.57. The molecule has 1 atom stereocenters. The Labute approximate surface area is 182 Å². The number of carbonyl (C=O) groups excluding carboxylic acids is 1. The summed E-state index contributed by atoms with van der Waals surface area (Å²) in [5.74, 6) is 1.42. The van der Waals surface area contributed by atoms with Crippen molar-refractivity contribution < 1.29 is 13.9 Å². The first-order valence-electron chi connectivity index (χ1n) is 10.5. The maximum Gasteiger partial charge on any atom is 0.259 e. The predicted octanol–water partition coefficient (Wildman–Crippen LogP) is 6.58. The molecule has 0 aliphatic carbocycles. The standard InChI is InChI=1S/C26H26N2O3/c1-5-16(2)19-11-14-23-22(15-19)28-26(31-23)18-9-12-20(13-10-18)27-25(29)21-8-6-7-17(3)24(21)30-4/h6-16H,5H2,1-4H3,(H,27,29)/t16-/m0/s1. The lowest BCUT2D eigenvalue weighted by Crippen LogP contribution is -2.13. The van der Waals surface area contributed by atoms with Crippen LogP contribution in [0.1, 0.15) is 47.7 Å². The molecule has 1 heterocycles. The second kappa shape index (κ2) is 8.64. The van der Waals surface area contributed by atoms with Crippen LogP contribution in [0.2, 0.25) is 0 Å². The number of rotatable bonds is 6. The molecule has 4 rings (SSSR count). The molecule has 0 radical (unpaired) electrons. The molecule has 5 nitrogen and oxygen atoms in total. The van der Waals surface area contributed by atoms with Crippen LogP contribution in [-0.4, -0.2) is 18.0 Å². The van der Waals surface area contributed by atoms with Crippen molar-refractivity contribution >= 4 is 22.7 Å². The third kappa shape index (κ3) is 4.17. The number of hydrogen-bond donors (Lipinski definition) is 1. The molecule has 1 N–H and O–H groups in total. The number of para-hydroxylation sites is 1. The average molecular weight is 415 g/mol. The highest BCUT2D eigenvalue weighted by Gasteiger charge is 2.15. The van der Waals surface area contributed by atoms with Crippen molar-refractivity contribution in [3.63, 3.8) is 0 Å². The molecule has 0 bridgehead atoms. The Morgan fingerprint density at radius 2 is 1.90 bits per heavy atom. The number of hydrogen-bond acceptors (Lipinski definition) is 4. The van der Waals surface area contributed by atoms with Crippen LogP contribution in [0.5, 0.6) is 5.75 Å². The Balaban J connectivity index is 1.54. The lowest BCUT2D eigenvalue weighted by Gasteiger charge is -2.11. The summed E-state index contributed by atoms with van der Waals surface area (Å²) in [6.45, 7) is 6.30. The zero-order chi connectivity index (χ0) is 22.0. The number of nitrogens with zero attached hydrogens (tertiary/aromatic N) is 1. The van der Waals surface area contributed by atoms with Crippen molar-refractivity contribution in [2.45, 2.75) is 33.1 Å². The quantitative estimate of drug-likeness (QED) is 0.387. The largest absolute Gasteiger partial charge is 0.496 e. The number of fused-ring (bicyclic) bond motifs is 1. The van der Waals surface area contributed by atoms with E-state index >= 15 is 0 Å². The number of methoxy groups -OCH3 is 1. The van der Waals surface area contributed by atoms with Crippen LogP contribution < -0.4 is 10.1 Å². The van der Waals surface area contributed by atoms with Gasteiger partial charge in [-0.1, -0.05) is 32.0 Å². The number of aromatic nitrogens is 1. The zero-order valence-electron chi connectivity index (χ0n) is 18.2. The fraction of sp³-hybridized carbons (Fsp3) is 0.231. The topological polar surface area (TPSA) is 64.4 Å². The number of amides is 1. The van der Waals surface area contributed by atoms with E-state index in [0.717, 1.165) is 28.6 Å². The van der Waals surface area contributed by atoms with Gasteiger partial charge in [-0.25, -0.2) is 4.98 Å². The smallest absolute Gasteiger partial charge is 0.259 e. The monoisotopic (exact) mass is 414 g/mol.